The van der Waals surface area contributed by atoms with Gasteiger partial charge in [0.15, 0.2) is 5.78 Å². The highest BCUT2D eigenvalue weighted by atomic mass is 16.6. The third-order valence-corrected chi connectivity index (χ3v) is 3.29. The Balaban J connectivity index is 2.19. The Labute approximate surface area is 71.7 Å². The van der Waals surface area contributed by atoms with Crippen LogP contribution in [0.2, 0.25) is 0 Å². The van der Waals surface area contributed by atoms with Crippen LogP contribution in [-0.2, 0) is 9.53 Å². The van der Waals surface area contributed by atoms with E-state index in [1.165, 1.54) is 6.92 Å². The molecule has 12 heavy (non-hydrogen) atoms. The minimum absolute atomic E-state index is 0.0336. The third-order valence-electron chi connectivity index (χ3n) is 3.29. The molecule has 0 aromatic heterocycles. The number of carbonyl (C=O) groups excluding carboxylic acids is 1. The van der Waals surface area contributed by atoms with Crippen molar-refractivity contribution in [3.63, 3.8) is 0 Å². The normalized spacial score (nSPS) is 51.4. The number of carbonyl (C=O) groups is 1. The highest BCUT2D eigenvalue weighted by Crippen LogP contribution is 2.45. The van der Waals surface area contributed by atoms with E-state index in [1.807, 2.05) is 6.92 Å². The van der Waals surface area contributed by atoms with Crippen LogP contribution in [0.15, 0.2) is 0 Å². The van der Waals surface area contributed by atoms with E-state index in [4.69, 9.17) is 4.74 Å². The number of aliphatic hydroxyl groups is 1. The predicted molar refractivity (Wildman–Crippen MR) is 42.7 cm³/mol. The Bertz CT molecular complexity index is 226. The number of ketones is 1. The summed E-state index contributed by atoms with van der Waals surface area (Å²) in [6.07, 6.45) is 1.84. The second-order valence-corrected chi connectivity index (χ2v) is 3.95. The van der Waals surface area contributed by atoms with Crippen molar-refractivity contribution >= 4 is 5.78 Å². The van der Waals surface area contributed by atoms with E-state index < -0.39 is 5.60 Å². The zero-order chi connectivity index (χ0) is 8.93. The van der Waals surface area contributed by atoms with E-state index in [1.54, 1.807) is 0 Å². The number of rotatable bonds is 1. The van der Waals surface area contributed by atoms with Gasteiger partial charge in [0.2, 0.25) is 0 Å². The Morgan fingerprint density at radius 1 is 1.67 bits per heavy atom. The van der Waals surface area contributed by atoms with Crippen LogP contribution in [0, 0.1) is 5.92 Å². The number of hydrogen-bond acceptors (Lipinski definition) is 3. The van der Waals surface area contributed by atoms with Crippen LogP contribution in [0.4, 0.5) is 0 Å². The maximum atomic E-state index is 11.2. The summed E-state index contributed by atoms with van der Waals surface area (Å²) in [4.78, 5) is 11.2. The first-order valence-electron chi connectivity index (χ1n) is 4.44. The average Bonchev–Trinajstić information content (AvgIpc) is 2.76. The molecule has 0 bridgehead atoms. The van der Waals surface area contributed by atoms with Gasteiger partial charge in [0.25, 0.3) is 0 Å². The molecule has 1 saturated heterocycles. The zero-order valence-electron chi connectivity index (χ0n) is 7.41. The molecule has 0 amide bonds. The van der Waals surface area contributed by atoms with Gasteiger partial charge in [-0.15, -0.1) is 0 Å². The van der Waals surface area contributed by atoms with Gasteiger partial charge in [0.1, 0.15) is 5.60 Å². The molecule has 2 fully saturated rings. The fraction of sp³-hybridized carbons (Fsp3) is 0.889. The Morgan fingerprint density at radius 2 is 2.33 bits per heavy atom. The summed E-state index contributed by atoms with van der Waals surface area (Å²) >= 11 is 0. The lowest BCUT2D eigenvalue weighted by atomic mass is 9.74. The largest absolute Gasteiger partial charge is 0.382 e. The van der Waals surface area contributed by atoms with Gasteiger partial charge in [-0.3, -0.25) is 4.79 Å². The fourth-order valence-corrected chi connectivity index (χ4v) is 2.19. The highest BCUT2D eigenvalue weighted by Gasteiger charge is 2.57. The molecule has 0 spiro atoms. The van der Waals surface area contributed by atoms with Crippen molar-refractivity contribution in [2.45, 2.75) is 44.5 Å². The van der Waals surface area contributed by atoms with Crippen molar-refractivity contribution in [3.8, 4) is 0 Å². The molecular weight excluding hydrogens is 156 g/mol. The number of Topliss-reactive ketones (excluding diaryl/α,β-unsaturated/α-hetero) is 1. The number of hydrogen-bond donors (Lipinski definition) is 1. The molecule has 2 aliphatic rings. The van der Waals surface area contributed by atoms with Gasteiger partial charge in [0.05, 0.1) is 12.2 Å². The van der Waals surface area contributed by atoms with Crippen molar-refractivity contribution in [2.75, 3.05) is 0 Å². The van der Waals surface area contributed by atoms with Gasteiger partial charge in [-0.25, -0.2) is 0 Å². The molecule has 0 aromatic rings. The number of fused-ring (bicyclic) bond motifs is 1. The van der Waals surface area contributed by atoms with Gasteiger partial charge in [-0.2, -0.15) is 0 Å². The maximum Gasteiger partial charge on any atom is 0.161 e. The molecule has 1 aliphatic heterocycles. The van der Waals surface area contributed by atoms with Crippen molar-refractivity contribution in [1.29, 1.82) is 0 Å². The lowest BCUT2D eigenvalue weighted by molar-refractivity contribution is -0.143. The van der Waals surface area contributed by atoms with E-state index in [-0.39, 0.29) is 17.8 Å². The van der Waals surface area contributed by atoms with Crippen LogP contribution in [-0.4, -0.2) is 28.7 Å². The van der Waals surface area contributed by atoms with Crippen LogP contribution >= 0.6 is 0 Å². The second-order valence-electron chi connectivity index (χ2n) is 3.95. The summed E-state index contributed by atoms with van der Waals surface area (Å²) in [6, 6.07) is 0. The van der Waals surface area contributed by atoms with Crippen LogP contribution in [0.3, 0.4) is 0 Å². The summed E-state index contributed by atoms with van der Waals surface area (Å²) in [5.41, 5.74) is -1.11. The lowest BCUT2D eigenvalue weighted by Gasteiger charge is -2.33. The smallest absolute Gasteiger partial charge is 0.161 e. The summed E-state index contributed by atoms with van der Waals surface area (Å²) in [5.74, 6) is -0.155. The summed E-state index contributed by atoms with van der Waals surface area (Å²) in [7, 11) is 0. The molecule has 2 rings (SSSR count). The first-order chi connectivity index (χ1) is 5.55. The lowest BCUT2D eigenvalue weighted by Crippen LogP contribution is -2.48. The molecule has 1 saturated carbocycles. The fourth-order valence-electron chi connectivity index (χ4n) is 2.19. The molecule has 0 radical (unpaired) electrons. The summed E-state index contributed by atoms with van der Waals surface area (Å²) in [6.45, 7) is 3.35. The van der Waals surface area contributed by atoms with Crippen molar-refractivity contribution in [3.05, 3.63) is 0 Å². The Morgan fingerprint density at radius 3 is 2.92 bits per heavy atom. The third kappa shape index (κ3) is 0.930. The van der Waals surface area contributed by atoms with E-state index in [0.717, 1.165) is 6.42 Å². The molecule has 0 aromatic carbocycles. The SMILES string of the molecule is CC(=O)[C@@]1(O)CC[C@H]2O[C@H]2[C@H]1C. The average molecular weight is 170 g/mol. The van der Waals surface area contributed by atoms with Gasteiger partial charge >= 0.3 is 0 Å². The quantitative estimate of drug-likeness (QED) is 0.583. The number of epoxide rings is 1. The van der Waals surface area contributed by atoms with Crippen LogP contribution < -0.4 is 0 Å². The van der Waals surface area contributed by atoms with Crippen LogP contribution in [0.5, 0.6) is 0 Å². The van der Waals surface area contributed by atoms with Crippen molar-refractivity contribution < 1.29 is 14.6 Å². The molecule has 1 N–H and O–H groups in total. The standard InChI is InChI=1S/C9H14O3/c1-5-8-7(12-8)3-4-9(5,11)6(2)10/h5,7-8,11H,3-4H2,1-2H3/t5-,7-,8+,9-/m1/s1. The highest BCUT2D eigenvalue weighted by molar-refractivity contribution is 5.85. The number of ether oxygens (including phenoxy) is 1. The molecule has 1 heterocycles. The molecule has 4 atom stereocenters. The Hall–Kier alpha value is -0.410. The molecule has 1 aliphatic carbocycles. The maximum absolute atomic E-state index is 11.2. The minimum atomic E-state index is -1.11. The van der Waals surface area contributed by atoms with Crippen LogP contribution in [0.1, 0.15) is 26.7 Å². The van der Waals surface area contributed by atoms with Crippen molar-refractivity contribution in [2.24, 2.45) is 5.92 Å². The summed E-state index contributed by atoms with van der Waals surface area (Å²) in [5, 5.41) is 9.98. The van der Waals surface area contributed by atoms with E-state index in [0.29, 0.717) is 12.5 Å². The first-order valence-corrected chi connectivity index (χ1v) is 4.44. The van der Waals surface area contributed by atoms with E-state index >= 15 is 0 Å². The monoisotopic (exact) mass is 170 g/mol. The van der Waals surface area contributed by atoms with Crippen molar-refractivity contribution in [1.82, 2.24) is 0 Å². The van der Waals surface area contributed by atoms with Gasteiger partial charge in [0, 0.05) is 5.92 Å². The first kappa shape index (κ1) is 8.20. The van der Waals surface area contributed by atoms with E-state index in [2.05, 4.69) is 0 Å². The van der Waals surface area contributed by atoms with Gasteiger partial charge < -0.3 is 9.84 Å². The molecule has 0 unspecified atom stereocenters. The van der Waals surface area contributed by atoms with Gasteiger partial charge in [-0.1, -0.05) is 6.92 Å². The minimum Gasteiger partial charge on any atom is -0.382 e. The van der Waals surface area contributed by atoms with Gasteiger partial charge in [-0.05, 0) is 19.8 Å². The second kappa shape index (κ2) is 2.30. The van der Waals surface area contributed by atoms with Crippen LogP contribution in [0.25, 0.3) is 0 Å². The Kier molecular flexibility index (Phi) is 1.57. The molecular formula is C9H14O3. The zero-order valence-corrected chi connectivity index (χ0v) is 7.41. The molecule has 3 heteroatoms. The topological polar surface area (TPSA) is 49.8 Å². The van der Waals surface area contributed by atoms with E-state index in [9.17, 15) is 9.90 Å². The predicted octanol–water partition coefficient (Wildman–Crippen LogP) is 0.504. The molecule has 3 nitrogen and oxygen atoms in total. The molecule has 68 valence electrons. The summed E-state index contributed by atoms with van der Waals surface area (Å²) < 4.78 is 5.32.